The number of hydrogen-bond donors (Lipinski definition) is 2. The molecule has 0 spiro atoms. The standard InChI is InChI=1S/C17H26N2/c1-16(2,13-5-7-15(18)8-6-13)11-19-12-17(9-10-17)14-3-4-14/h5-8,14,19H,3-4,9-12,18H2,1-2H3. The van der Waals surface area contributed by atoms with E-state index in [1.807, 2.05) is 12.1 Å². The summed E-state index contributed by atoms with van der Waals surface area (Å²) in [7, 11) is 0. The van der Waals surface area contributed by atoms with Crippen LogP contribution < -0.4 is 11.1 Å². The van der Waals surface area contributed by atoms with E-state index in [4.69, 9.17) is 5.73 Å². The van der Waals surface area contributed by atoms with E-state index in [1.165, 1.54) is 37.8 Å². The van der Waals surface area contributed by atoms with Crippen molar-refractivity contribution in [3.63, 3.8) is 0 Å². The topological polar surface area (TPSA) is 38.0 Å². The second-order valence-corrected chi connectivity index (χ2v) is 7.25. The lowest BCUT2D eigenvalue weighted by atomic mass is 9.84. The lowest BCUT2D eigenvalue weighted by Gasteiger charge is -2.27. The number of nitrogen functional groups attached to an aromatic ring is 1. The Kier molecular flexibility index (Phi) is 3.09. The van der Waals surface area contributed by atoms with Gasteiger partial charge in [-0.1, -0.05) is 26.0 Å². The molecule has 2 aliphatic carbocycles. The van der Waals surface area contributed by atoms with Crippen molar-refractivity contribution in [3.8, 4) is 0 Å². The molecule has 0 heterocycles. The highest BCUT2D eigenvalue weighted by Gasteiger charge is 2.53. The molecule has 2 aliphatic rings. The van der Waals surface area contributed by atoms with Crippen LogP contribution in [0.15, 0.2) is 24.3 Å². The summed E-state index contributed by atoms with van der Waals surface area (Å²) in [5.41, 5.74) is 8.84. The molecular formula is C17H26N2. The minimum absolute atomic E-state index is 0.174. The Hall–Kier alpha value is -1.02. The minimum atomic E-state index is 0.174. The van der Waals surface area contributed by atoms with Crippen molar-refractivity contribution in [2.24, 2.45) is 11.3 Å². The number of benzene rings is 1. The summed E-state index contributed by atoms with van der Waals surface area (Å²) in [4.78, 5) is 0. The predicted octanol–water partition coefficient (Wildman–Crippen LogP) is 3.33. The molecule has 0 unspecified atom stereocenters. The Morgan fingerprint density at radius 3 is 2.37 bits per heavy atom. The molecule has 0 amide bonds. The summed E-state index contributed by atoms with van der Waals surface area (Å²) in [5.74, 6) is 1.04. The van der Waals surface area contributed by atoms with Gasteiger partial charge >= 0.3 is 0 Å². The number of rotatable bonds is 6. The zero-order valence-corrected chi connectivity index (χ0v) is 12.2. The molecule has 1 aromatic rings. The molecule has 0 radical (unpaired) electrons. The summed E-state index contributed by atoms with van der Waals surface area (Å²) in [5, 5.41) is 3.73. The van der Waals surface area contributed by atoms with Gasteiger partial charge in [0.2, 0.25) is 0 Å². The quantitative estimate of drug-likeness (QED) is 0.768. The summed E-state index contributed by atoms with van der Waals surface area (Å²) < 4.78 is 0. The summed E-state index contributed by atoms with van der Waals surface area (Å²) >= 11 is 0. The van der Waals surface area contributed by atoms with Gasteiger partial charge in [-0.15, -0.1) is 0 Å². The molecule has 2 fully saturated rings. The van der Waals surface area contributed by atoms with Crippen LogP contribution in [0.5, 0.6) is 0 Å². The van der Waals surface area contributed by atoms with Gasteiger partial charge in [0.25, 0.3) is 0 Å². The average molecular weight is 258 g/mol. The smallest absolute Gasteiger partial charge is 0.0314 e. The van der Waals surface area contributed by atoms with E-state index in [1.54, 1.807) is 0 Å². The van der Waals surface area contributed by atoms with Gasteiger partial charge in [-0.2, -0.15) is 0 Å². The third kappa shape index (κ3) is 2.79. The number of hydrogen-bond acceptors (Lipinski definition) is 2. The first-order chi connectivity index (χ1) is 9.02. The number of nitrogens with one attached hydrogen (secondary N) is 1. The zero-order valence-electron chi connectivity index (χ0n) is 12.2. The molecule has 0 bridgehead atoms. The molecule has 0 aromatic heterocycles. The lowest BCUT2D eigenvalue weighted by Crippen LogP contribution is -2.36. The summed E-state index contributed by atoms with van der Waals surface area (Å²) in [6, 6.07) is 8.32. The monoisotopic (exact) mass is 258 g/mol. The molecule has 2 saturated carbocycles. The van der Waals surface area contributed by atoms with Crippen molar-refractivity contribution in [1.29, 1.82) is 0 Å². The van der Waals surface area contributed by atoms with Gasteiger partial charge < -0.3 is 11.1 Å². The van der Waals surface area contributed by atoms with Gasteiger partial charge in [0.1, 0.15) is 0 Å². The second-order valence-electron chi connectivity index (χ2n) is 7.25. The fraction of sp³-hybridized carbons (Fsp3) is 0.647. The van der Waals surface area contributed by atoms with E-state index in [0.29, 0.717) is 5.41 Å². The Morgan fingerprint density at radius 1 is 1.21 bits per heavy atom. The molecular weight excluding hydrogens is 232 g/mol. The zero-order chi connectivity index (χ0) is 13.5. The van der Waals surface area contributed by atoms with Crippen LogP contribution in [0.25, 0.3) is 0 Å². The molecule has 2 heteroatoms. The molecule has 1 aromatic carbocycles. The van der Waals surface area contributed by atoms with Gasteiger partial charge in [-0.05, 0) is 54.7 Å². The van der Waals surface area contributed by atoms with Crippen LogP contribution in [0.3, 0.4) is 0 Å². The first kappa shape index (κ1) is 13.0. The highest BCUT2D eigenvalue weighted by Crippen LogP contribution is 2.60. The molecule has 2 nitrogen and oxygen atoms in total. The largest absolute Gasteiger partial charge is 0.399 e. The third-order valence-corrected chi connectivity index (χ3v) is 5.07. The third-order valence-electron chi connectivity index (χ3n) is 5.07. The molecule has 3 rings (SSSR count). The van der Waals surface area contributed by atoms with Crippen molar-refractivity contribution in [3.05, 3.63) is 29.8 Å². The highest BCUT2D eigenvalue weighted by atomic mass is 14.9. The Balaban J connectivity index is 1.54. The van der Waals surface area contributed by atoms with E-state index in [9.17, 15) is 0 Å². The molecule has 0 aliphatic heterocycles. The van der Waals surface area contributed by atoms with Gasteiger partial charge in [0.15, 0.2) is 0 Å². The summed E-state index contributed by atoms with van der Waals surface area (Å²) in [6.07, 6.45) is 5.85. The van der Waals surface area contributed by atoms with E-state index in [2.05, 4.69) is 31.3 Å². The van der Waals surface area contributed by atoms with E-state index in [-0.39, 0.29) is 5.41 Å². The van der Waals surface area contributed by atoms with E-state index >= 15 is 0 Å². The van der Waals surface area contributed by atoms with Crippen LogP contribution in [0.2, 0.25) is 0 Å². The Morgan fingerprint density at radius 2 is 1.84 bits per heavy atom. The maximum Gasteiger partial charge on any atom is 0.0314 e. The van der Waals surface area contributed by atoms with Crippen LogP contribution in [0, 0.1) is 11.3 Å². The molecule has 104 valence electrons. The van der Waals surface area contributed by atoms with Crippen molar-refractivity contribution >= 4 is 5.69 Å². The summed E-state index contributed by atoms with van der Waals surface area (Å²) in [6.45, 7) is 6.88. The van der Waals surface area contributed by atoms with Gasteiger partial charge in [-0.3, -0.25) is 0 Å². The van der Waals surface area contributed by atoms with Gasteiger partial charge in [-0.25, -0.2) is 0 Å². The van der Waals surface area contributed by atoms with Crippen LogP contribution in [-0.2, 0) is 5.41 Å². The average Bonchev–Trinajstić information content (AvgIpc) is 3.23. The fourth-order valence-corrected chi connectivity index (χ4v) is 3.25. The Labute approximate surface area is 116 Å². The van der Waals surface area contributed by atoms with Crippen LogP contribution in [0.1, 0.15) is 45.1 Å². The van der Waals surface area contributed by atoms with Gasteiger partial charge in [0, 0.05) is 24.2 Å². The number of nitrogens with two attached hydrogens (primary N) is 1. The number of anilines is 1. The van der Waals surface area contributed by atoms with Crippen molar-refractivity contribution in [1.82, 2.24) is 5.32 Å². The van der Waals surface area contributed by atoms with Crippen LogP contribution >= 0.6 is 0 Å². The minimum Gasteiger partial charge on any atom is -0.399 e. The molecule has 0 atom stereocenters. The van der Waals surface area contributed by atoms with Gasteiger partial charge in [0.05, 0.1) is 0 Å². The normalized spacial score (nSPS) is 21.4. The molecule has 19 heavy (non-hydrogen) atoms. The first-order valence-electron chi connectivity index (χ1n) is 7.59. The van der Waals surface area contributed by atoms with E-state index < -0.39 is 0 Å². The maximum absolute atomic E-state index is 5.76. The van der Waals surface area contributed by atoms with Crippen molar-refractivity contribution in [2.75, 3.05) is 18.8 Å². The first-order valence-corrected chi connectivity index (χ1v) is 7.59. The predicted molar refractivity (Wildman–Crippen MR) is 81.1 cm³/mol. The fourth-order valence-electron chi connectivity index (χ4n) is 3.25. The SMILES string of the molecule is CC(C)(CNCC1(C2CC2)CC1)c1ccc(N)cc1. The lowest BCUT2D eigenvalue weighted by molar-refractivity contribution is 0.372. The Bertz CT molecular complexity index is 439. The van der Waals surface area contributed by atoms with E-state index in [0.717, 1.165) is 18.2 Å². The van der Waals surface area contributed by atoms with Crippen molar-refractivity contribution < 1.29 is 0 Å². The molecule has 3 N–H and O–H groups in total. The second kappa shape index (κ2) is 4.52. The van der Waals surface area contributed by atoms with Crippen LogP contribution in [-0.4, -0.2) is 13.1 Å². The maximum atomic E-state index is 5.76. The molecule has 0 saturated heterocycles. The van der Waals surface area contributed by atoms with Crippen LogP contribution in [0.4, 0.5) is 5.69 Å². The van der Waals surface area contributed by atoms with Crippen molar-refractivity contribution in [2.45, 2.75) is 44.9 Å². The highest BCUT2D eigenvalue weighted by molar-refractivity contribution is 5.41.